The molecule has 0 saturated carbocycles. The zero-order valence-electron chi connectivity index (χ0n) is 37.0. The molecule has 9 aromatic carbocycles. The Balaban J connectivity index is 1.02. The van der Waals surface area contributed by atoms with Crippen molar-refractivity contribution in [2.24, 2.45) is 0 Å². The van der Waals surface area contributed by atoms with Crippen LogP contribution in [0.2, 0.25) is 0 Å². The number of benzene rings is 9. The van der Waals surface area contributed by atoms with Crippen LogP contribution in [-0.4, -0.2) is 19.6 Å². The van der Waals surface area contributed by atoms with Gasteiger partial charge in [0.15, 0.2) is 5.82 Å². The number of rotatable bonds is 8. The third kappa shape index (κ3) is 6.34. The normalized spacial score (nSPS) is 12.5. The Kier molecular flexibility index (Phi) is 9.36. The van der Waals surface area contributed by atoms with Crippen LogP contribution in [0.1, 0.15) is 22.3 Å². The van der Waals surface area contributed by atoms with E-state index in [0.717, 1.165) is 78.0 Å². The average molecular weight is 867 g/mol. The van der Waals surface area contributed by atoms with E-state index >= 15 is 0 Å². The average Bonchev–Trinajstić information content (AvgIpc) is 3.97. The zero-order chi connectivity index (χ0) is 45.0. The first kappa shape index (κ1) is 39.4. The number of aromatic nitrogens is 4. The van der Waals surface area contributed by atoms with Gasteiger partial charge in [0.25, 0.3) is 0 Å². The van der Waals surface area contributed by atoms with E-state index in [1.807, 2.05) is 6.07 Å². The van der Waals surface area contributed by atoms with Crippen LogP contribution in [0, 0.1) is 0 Å². The first-order chi connectivity index (χ1) is 33.7. The number of hydrogen-bond acceptors (Lipinski definition) is 3. The molecule has 3 heterocycles. The molecule has 0 atom stereocenters. The standard InChI is InChI=1S/C64H42N4/c1-6-21-43(22-7-1)60-61(44-23-8-2-9-24-44)67-68-59(41-46-27-16-17-34-52(46)62(60)68)49-29-20-28-47(39-49)57-42-58(66-63(65-57)45-25-10-3-11-26-45)48-37-38-54-53-35-18-19-36-55(53)64(56(54)40-48,50-30-12-4-13-31-50)51-32-14-5-15-33-51/h1-42H. The summed E-state index contributed by atoms with van der Waals surface area (Å²) in [6.07, 6.45) is 0. The highest BCUT2D eigenvalue weighted by Crippen LogP contribution is 2.56. The maximum absolute atomic E-state index is 5.49. The molecule has 1 aliphatic rings. The van der Waals surface area contributed by atoms with E-state index in [9.17, 15) is 0 Å². The van der Waals surface area contributed by atoms with Gasteiger partial charge in [-0.15, -0.1) is 0 Å². The van der Waals surface area contributed by atoms with E-state index < -0.39 is 5.41 Å². The summed E-state index contributed by atoms with van der Waals surface area (Å²) in [6, 6.07) is 91.0. The molecule has 4 nitrogen and oxygen atoms in total. The summed E-state index contributed by atoms with van der Waals surface area (Å²) < 4.78 is 2.15. The van der Waals surface area contributed by atoms with Crippen molar-refractivity contribution in [3.63, 3.8) is 0 Å². The van der Waals surface area contributed by atoms with E-state index in [1.165, 1.54) is 33.4 Å². The van der Waals surface area contributed by atoms with Crippen LogP contribution in [0.15, 0.2) is 255 Å². The lowest BCUT2D eigenvalue weighted by Gasteiger charge is -2.34. The lowest BCUT2D eigenvalue weighted by atomic mass is 9.67. The molecular formula is C64H42N4. The van der Waals surface area contributed by atoms with Crippen molar-refractivity contribution in [3.8, 4) is 78.7 Å². The molecule has 0 N–H and O–H groups in total. The van der Waals surface area contributed by atoms with Gasteiger partial charge in [-0.25, -0.2) is 14.5 Å². The molecule has 68 heavy (non-hydrogen) atoms. The van der Waals surface area contributed by atoms with Crippen LogP contribution in [-0.2, 0) is 5.41 Å². The summed E-state index contributed by atoms with van der Waals surface area (Å²) in [4.78, 5) is 10.7. The molecule has 12 aromatic rings. The lowest BCUT2D eigenvalue weighted by molar-refractivity contribution is 0.768. The summed E-state index contributed by atoms with van der Waals surface area (Å²) in [5.41, 5.74) is 18.9. The molecule has 318 valence electrons. The van der Waals surface area contributed by atoms with Gasteiger partial charge < -0.3 is 0 Å². The summed E-state index contributed by atoms with van der Waals surface area (Å²) in [5, 5.41) is 7.78. The van der Waals surface area contributed by atoms with Crippen molar-refractivity contribution in [3.05, 3.63) is 277 Å². The van der Waals surface area contributed by atoms with Gasteiger partial charge in [-0.3, -0.25) is 0 Å². The highest BCUT2D eigenvalue weighted by atomic mass is 15.2. The molecule has 13 rings (SSSR count). The summed E-state index contributed by atoms with van der Waals surface area (Å²) >= 11 is 0. The van der Waals surface area contributed by atoms with Gasteiger partial charge in [0, 0.05) is 38.8 Å². The fourth-order valence-corrected chi connectivity index (χ4v) is 10.7. The number of nitrogens with zero attached hydrogens (tertiary/aromatic N) is 4. The molecule has 4 heteroatoms. The van der Waals surface area contributed by atoms with Crippen molar-refractivity contribution >= 4 is 16.3 Å². The molecule has 0 bridgehead atoms. The molecule has 0 spiro atoms. The quantitative estimate of drug-likeness (QED) is 0.153. The van der Waals surface area contributed by atoms with Crippen LogP contribution in [0.3, 0.4) is 0 Å². The number of pyridine rings is 1. The van der Waals surface area contributed by atoms with Crippen molar-refractivity contribution in [1.82, 2.24) is 19.6 Å². The smallest absolute Gasteiger partial charge is 0.160 e. The van der Waals surface area contributed by atoms with Crippen molar-refractivity contribution in [2.75, 3.05) is 0 Å². The number of fused-ring (bicyclic) bond motifs is 6. The van der Waals surface area contributed by atoms with Gasteiger partial charge in [0.2, 0.25) is 0 Å². The summed E-state index contributed by atoms with van der Waals surface area (Å²) in [7, 11) is 0. The third-order valence-electron chi connectivity index (χ3n) is 13.7. The van der Waals surface area contributed by atoms with Crippen molar-refractivity contribution in [1.29, 1.82) is 0 Å². The molecule has 0 aliphatic heterocycles. The predicted octanol–water partition coefficient (Wildman–Crippen LogP) is 15.6. The maximum atomic E-state index is 5.49. The minimum atomic E-state index is -0.532. The van der Waals surface area contributed by atoms with E-state index in [2.05, 4.69) is 253 Å². The second-order valence-corrected chi connectivity index (χ2v) is 17.5. The first-order valence-corrected chi connectivity index (χ1v) is 23.2. The third-order valence-corrected chi connectivity index (χ3v) is 13.7. The van der Waals surface area contributed by atoms with Gasteiger partial charge in [0.05, 0.1) is 28.0 Å². The summed E-state index contributed by atoms with van der Waals surface area (Å²) in [6.45, 7) is 0. The molecule has 0 radical (unpaired) electrons. The SMILES string of the molecule is c1ccc(-c2nc(-c3cccc(-c4cc5ccccc5c5c(-c6ccccc6)c(-c6ccccc6)nn45)c3)cc(-c3ccc4c(c3)C(c3ccccc3)(c3ccccc3)c3ccccc3-4)n2)cc1. The second kappa shape index (κ2) is 16.2. The Hall–Kier alpha value is -8.99. The van der Waals surface area contributed by atoms with Crippen molar-refractivity contribution < 1.29 is 0 Å². The Labute approximate surface area is 395 Å². The van der Waals surface area contributed by atoms with Gasteiger partial charge in [-0.05, 0) is 68.6 Å². The molecule has 0 amide bonds. The first-order valence-electron chi connectivity index (χ1n) is 23.2. The lowest BCUT2D eigenvalue weighted by Crippen LogP contribution is -2.28. The Morgan fingerprint density at radius 3 is 1.57 bits per heavy atom. The molecule has 3 aromatic heterocycles. The van der Waals surface area contributed by atoms with Gasteiger partial charge in [0.1, 0.15) is 5.69 Å². The topological polar surface area (TPSA) is 43.1 Å². The fraction of sp³-hybridized carbons (Fsp3) is 0.0156. The Morgan fingerprint density at radius 1 is 0.353 bits per heavy atom. The van der Waals surface area contributed by atoms with E-state index in [4.69, 9.17) is 15.1 Å². The Morgan fingerprint density at radius 2 is 0.882 bits per heavy atom. The van der Waals surface area contributed by atoms with Crippen LogP contribution in [0.25, 0.3) is 95.0 Å². The molecule has 0 saturated heterocycles. The van der Waals surface area contributed by atoms with Crippen molar-refractivity contribution in [2.45, 2.75) is 5.41 Å². The van der Waals surface area contributed by atoms with Gasteiger partial charge >= 0.3 is 0 Å². The zero-order valence-corrected chi connectivity index (χ0v) is 37.0. The second-order valence-electron chi connectivity index (χ2n) is 17.5. The van der Waals surface area contributed by atoms with Crippen LogP contribution >= 0.6 is 0 Å². The van der Waals surface area contributed by atoms with E-state index in [0.29, 0.717) is 5.82 Å². The monoisotopic (exact) mass is 866 g/mol. The van der Waals surface area contributed by atoms with E-state index in [1.54, 1.807) is 0 Å². The maximum Gasteiger partial charge on any atom is 0.160 e. The number of hydrogen-bond donors (Lipinski definition) is 0. The molecular weight excluding hydrogens is 825 g/mol. The Bertz CT molecular complexity index is 3790. The van der Waals surface area contributed by atoms with Crippen LogP contribution in [0.5, 0.6) is 0 Å². The highest BCUT2D eigenvalue weighted by molar-refractivity contribution is 6.08. The van der Waals surface area contributed by atoms with E-state index in [-0.39, 0.29) is 0 Å². The fourth-order valence-electron chi connectivity index (χ4n) is 10.7. The molecule has 0 fully saturated rings. The van der Waals surface area contributed by atoms with Crippen LogP contribution in [0.4, 0.5) is 0 Å². The summed E-state index contributed by atoms with van der Waals surface area (Å²) in [5.74, 6) is 0.671. The largest absolute Gasteiger partial charge is 0.231 e. The molecule has 0 unspecified atom stereocenters. The minimum absolute atomic E-state index is 0.532. The predicted molar refractivity (Wildman–Crippen MR) is 278 cm³/mol. The highest BCUT2D eigenvalue weighted by Gasteiger charge is 2.46. The minimum Gasteiger partial charge on any atom is -0.231 e. The van der Waals surface area contributed by atoms with Gasteiger partial charge in [-0.2, -0.15) is 5.10 Å². The van der Waals surface area contributed by atoms with Crippen LogP contribution < -0.4 is 0 Å². The molecule has 1 aliphatic carbocycles. The van der Waals surface area contributed by atoms with Gasteiger partial charge in [-0.1, -0.05) is 231 Å².